The molecule has 0 unspecified atom stereocenters. The average molecular weight is 381 g/mol. The van der Waals surface area contributed by atoms with E-state index in [1.165, 1.54) is 0 Å². The van der Waals surface area contributed by atoms with Crippen LogP contribution in [0.3, 0.4) is 0 Å². The van der Waals surface area contributed by atoms with Crippen LogP contribution in [-0.2, 0) is 4.89 Å². The Balaban J connectivity index is 0. The van der Waals surface area contributed by atoms with E-state index in [0.717, 1.165) is 0 Å². The van der Waals surface area contributed by atoms with E-state index in [9.17, 15) is 5.26 Å². The second kappa shape index (κ2) is 3.30. The first-order chi connectivity index (χ1) is 3.56. The van der Waals surface area contributed by atoms with Gasteiger partial charge in [0.1, 0.15) is 0 Å². The van der Waals surface area contributed by atoms with E-state index < -0.39 is 0 Å². The first-order valence-electron chi connectivity index (χ1n) is 2.06. The molecule has 3 nitrogen and oxygen atoms in total. The van der Waals surface area contributed by atoms with Crippen molar-refractivity contribution in [1.29, 1.82) is 0 Å². The van der Waals surface area contributed by atoms with Crippen LogP contribution < -0.4 is 5.26 Å². The molecule has 0 aromatic rings. The Bertz CT molecular complexity index is 119. The summed E-state index contributed by atoms with van der Waals surface area (Å²) in [7, 11) is 7.01. The van der Waals surface area contributed by atoms with Crippen LogP contribution in [0, 0.1) is 19.2 Å². The molecule has 0 aromatic carbocycles. The summed E-state index contributed by atoms with van der Waals surface area (Å²) in [6, 6.07) is 2.41. The van der Waals surface area contributed by atoms with Gasteiger partial charge in [-0.25, -0.2) is 0 Å². The molecule has 0 N–H and O–H groups in total. The first kappa shape index (κ1) is 10.3. The monoisotopic (exact) mass is 381 g/mol. The second-order valence-electron chi connectivity index (χ2n) is 1.98. The van der Waals surface area contributed by atoms with Gasteiger partial charge in [-0.15, -0.1) is 7.05 Å². The summed E-state index contributed by atoms with van der Waals surface area (Å²) in [5, 5.41) is 9.27. The molecule has 0 aromatic heterocycles. The Hall–Kier alpha value is -1.72. The molecule has 0 bridgehead atoms. The zero-order valence-electron chi connectivity index (χ0n) is 5.68. The molecule has 0 aliphatic carbocycles. The third kappa shape index (κ3) is 10.7. The van der Waals surface area contributed by atoms with Gasteiger partial charge in [-0.3, -0.25) is 0 Å². The molecule has 4 heteroatoms. The van der Waals surface area contributed by atoms with E-state index in [1.54, 1.807) is 14.1 Å². The Labute approximate surface area is 49.0 Å². The van der Waals surface area contributed by atoms with Gasteiger partial charge in [-0.2, -0.15) is 0 Å². The molecule has 0 saturated heterocycles. The van der Waals surface area contributed by atoms with Crippen molar-refractivity contribution in [2.75, 3.05) is 14.1 Å². The van der Waals surface area contributed by atoms with E-state index in [-0.39, 0.29) is 4.48 Å². The Kier molecular flexibility index (Phi) is 3.78. The predicted molar refractivity (Wildman–Crippen MR) is 26.3 cm³/mol. The zero-order chi connectivity index (χ0) is 6.62. The summed E-state index contributed by atoms with van der Waals surface area (Å²) < 4.78 is 0.169. The Morgan fingerprint density at radius 1 is 1.56 bits per heavy atom. The Morgan fingerprint density at radius 3 is 2.11 bits per heavy atom. The smallest absolute Gasteiger partial charge is 0.167 e. The van der Waals surface area contributed by atoms with Gasteiger partial charge in [0.2, 0.25) is 0 Å². The fourth-order valence-electron chi connectivity index (χ4n) is 0.142. The molecule has 0 aliphatic heterocycles. The Morgan fingerprint density at radius 2 is 2.00 bits per heavy atom. The van der Waals surface area contributed by atoms with Crippen molar-refractivity contribution in [3.8, 4) is 12.2 Å². The minimum absolute atomic E-state index is 0. The standard InChI is InChI=1S/C5H9NO2.Rf/c1-6(2,3)4-5-8-7;/h7H,1H2,2-3H3;/p-1. The van der Waals surface area contributed by atoms with E-state index >= 15 is 0 Å². The van der Waals surface area contributed by atoms with Crippen LogP contribution in [0.25, 0.3) is 0 Å². The van der Waals surface area contributed by atoms with Crippen molar-refractivity contribution >= 4 is 0 Å². The topological polar surface area (TPSA) is 32.3 Å². The molecule has 48 valence electrons. The number of quaternary nitrogens is 1. The van der Waals surface area contributed by atoms with E-state index in [1.807, 2.05) is 6.11 Å². The normalized spacial score (nSPS) is 8.44. The molecule has 0 spiro atoms. The summed E-state index contributed by atoms with van der Waals surface area (Å²) in [6.07, 6.45) is 1.89. The van der Waals surface area contributed by atoms with Crippen LogP contribution in [0.2, 0.25) is 0 Å². The number of hydrogen-bond acceptors (Lipinski definition) is 2. The number of hydrogen-bond donors (Lipinski definition) is 0. The van der Waals surface area contributed by atoms with Crippen LogP contribution in [0.4, 0.5) is 0 Å². The third-order valence-corrected chi connectivity index (χ3v) is 0.390. The van der Waals surface area contributed by atoms with Crippen LogP contribution >= 0.6 is 0 Å². The number of rotatable bonds is 0. The second-order valence-corrected chi connectivity index (χ2v) is 1.98. The van der Waals surface area contributed by atoms with Gasteiger partial charge in [0.05, 0.1) is 14.1 Å². The molecule has 0 saturated carbocycles. The fraction of sp³-hybridized carbons (Fsp3) is 0.400. The van der Waals surface area contributed by atoms with Crippen molar-refractivity contribution in [3.63, 3.8) is 0 Å². The van der Waals surface area contributed by atoms with Gasteiger partial charge in [-0.05, 0) is 0 Å². The number of nitrogens with zero attached hydrogens (tertiary/aromatic N) is 1. The van der Waals surface area contributed by atoms with Crippen molar-refractivity contribution < 1.29 is 14.6 Å². The van der Waals surface area contributed by atoms with Gasteiger partial charge >= 0.3 is 0 Å². The van der Waals surface area contributed by atoms with Crippen LogP contribution in [0.15, 0.2) is 0 Å². The van der Waals surface area contributed by atoms with E-state index in [4.69, 9.17) is 0 Å². The quantitative estimate of drug-likeness (QED) is 0.179. The average Bonchev–Trinajstić information content (AvgIpc) is 1.59. The predicted octanol–water partition coefficient (Wildman–Crippen LogP) is -0.935. The largest absolute Gasteiger partial charge is 0.653 e. The molecule has 0 amide bonds. The maximum absolute atomic E-state index is 9.27. The molecular weight excluding hydrogens is 373 g/mol. The molecule has 0 radical (unpaired) electrons. The summed E-state index contributed by atoms with van der Waals surface area (Å²) in [5.41, 5.74) is 0. The van der Waals surface area contributed by atoms with E-state index in [0.29, 0.717) is 0 Å². The zero-order valence-corrected chi connectivity index (χ0v) is 12.1. The summed E-state index contributed by atoms with van der Waals surface area (Å²) >= 11 is 0. The summed E-state index contributed by atoms with van der Waals surface area (Å²) in [4.78, 5) is 3.25. The minimum atomic E-state index is 0. The van der Waals surface area contributed by atoms with Gasteiger partial charge < -0.3 is 14.6 Å². The van der Waals surface area contributed by atoms with Crippen LogP contribution in [-0.4, -0.2) is 18.6 Å². The van der Waals surface area contributed by atoms with Crippen molar-refractivity contribution in [2.45, 2.75) is 0 Å². The molecule has 0 atom stereocenters. The molecule has 0 heterocycles. The first-order valence-corrected chi connectivity index (χ1v) is 2.06. The molecule has 9 heavy (non-hydrogen) atoms. The maximum atomic E-state index is 9.27. The minimum Gasteiger partial charge on any atom is -0.653 e. The third-order valence-electron chi connectivity index (χ3n) is 0.390. The van der Waals surface area contributed by atoms with E-state index in [2.05, 4.69) is 18.0 Å². The summed E-state index contributed by atoms with van der Waals surface area (Å²) in [5.74, 6) is 0. The van der Waals surface area contributed by atoms with Gasteiger partial charge in [0.15, 0.2) is 12.2 Å². The molecule has 0 rings (SSSR count). The fourth-order valence-corrected chi connectivity index (χ4v) is 0.142. The van der Waals surface area contributed by atoms with Crippen molar-refractivity contribution in [2.24, 2.45) is 0 Å². The summed E-state index contributed by atoms with van der Waals surface area (Å²) in [6.45, 7) is 0. The van der Waals surface area contributed by atoms with Crippen molar-refractivity contribution in [3.05, 3.63) is 7.05 Å². The molecular formula is C5H8NO2Rf-. The van der Waals surface area contributed by atoms with Gasteiger partial charge in [0, 0.05) is 0 Å². The van der Waals surface area contributed by atoms with Gasteiger partial charge in [0.25, 0.3) is 0 Å². The SMILES string of the molecule is [CH2-][N+](C)(C)C#CO[O-].[Rf]. The van der Waals surface area contributed by atoms with Crippen LogP contribution in [0.5, 0.6) is 0 Å². The van der Waals surface area contributed by atoms with Gasteiger partial charge in [-0.1, -0.05) is 0 Å². The molecule has 0 fully saturated rings. The maximum Gasteiger partial charge on any atom is 0.167 e. The van der Waals surface area contributed by atoms with Crippen LogP contribution in [0.1, 0.15) is 0 Å². The van der Waals surface area contributed by atoms with Crippen molar-refractivity contribution in [1.82, 2.24) is 0 Å². The molecule has 0 aliphatic rings.